The fourth-order valence-electron chi connectivity index (χ4n) is 4.68. The second-order valence-electron chi connectivity index (χ2n) is 7.80. The quantitative estimate of drug-likeness (QED) is 0.737. The first kappa shape index (κ1) is 18.1. The zero-order chi connectivity index (χ0) is 18.6. The van der Waals surface area contributed by atoms with Crippen molar-refractivity contribution in [1.29, 1.82) is 0 Å². The molecule has 2 aliphatic rings. The average Bonchev–Trinajstić information content (AvgIpc) is 2.86. The van der Waals surface area contributed by atoms with E-state index in [1.54, 1.807) is 0 Å². The summed E-state index contributed by atoms with van der Waals surface area (Å²) in [5.74, 6) is 0.333. The van der Waals surface area contributed by atoms with Gasteiger partial charge in [0.05, 0.1) is 6.04 Å². The van der Waals surface area contributed by atoms with E-state index >= 15 is 0 Å². The van der Waals surface area contributed by atoms with Crippen LogP contribution in [0, 0.1) is 0 Å². The number of nitrogens with zero attached hydrogens (tertiary/aromatic N) is 2. The number of rotatable bonds is 5. The fourth-order valence-corrected chi connectivity index (χ4v) is 4.68. The third-order valence-corrected chi connectivity index (χ3v) is 6.05. The van der Waals surface area contributed by atoms with Gasteiger partial charge in [0.1, 0.15) is 5.76 Å². The van der Waals surface area contributed by atoms with Crippen LogP contribution in [0.4, 0.5) is 11.4 Å². The van der Waals surface area contributed by atoms with Crippen LogP contribution in [0.15, 0.2) is 60.9 Å². The maximum Gasteiger partial charge on any atom is 0.102 e. The molecule has 0 radical (unpaired) electrons. The lowest BCUT2D eigenvalue weighted by atomic mass is 10.0. The van der Waals surface area contributed by atoms with E-state index in [-0.39, 0.29) is 6.04 Å². The monoisotopic (exact) mass is 362 g/mol. The highest BCUT2D eigenvalue weighted by Crippen LogP contribution is 2.36. The van der Waals surface area contributed by atoms with E-state index in [0.29, 0.717) is 5.76 Å². The Morgan fingerprint density at radius 3 is 2.19 bits per heavy atom. The summed E-state index contributed by atoms with van der Waals surface area (Å²) in [7, 11) is 0. The molecule has 2 aromatic rings. The maximum atomic E-state index is 9.95. The van der Waals surface area contributed by atoms with E-state index in [1.807, 2.05) is 0 Å². The van der Waals surface area contributed by atoms with Crippen molar-refractivity contribution in [3.63, 3.8) is 0 Å². The molecule has 0 aromatic heterocycles. The molecule has 27 heavy (non-hydrogen) atoms. The predicted octanol–water partition coefficient (Wildman–Crippen LogP) is 5.24. The summed E-state index contributed by atoms with van der Waals surface area (Å²) in [4.78, 5) is 4.92. The number of fused-ring (bicyclic) bond motifs is 2. The minimum atomic E-state index is 0.141. The van der Waals surface area contributed by atoms with Crippen LogP contribution in [-0.4, -0.2) is 35.7 Å². The first-order chi connectivity index (χ1) is 13.2. The summed E-state index contributed by atoms with van der Waals surface area (Å²) in [6.07, 6.45) is 6.72. The van der Waals surface area contributed by atoms with Crippen molar-refractivity contribution < 1.29 is 5.11 Å². The molecule has 1 unspecified atom stereocenters. The molecule has 0 amide bonds. The smallest absolute Gasteiger partial charge is 0.102 e. The number of likely N-dealkylation sites (tertiary alicyclic amines) is 1. The number of aliphatic hydroxyl groups is 1. The molecule has 3 heteroatoms. The Kier molecular flexibility index (Phi) is 5.49. The van der Waals surface area contributed by atoms with Gasteiger partial charge in [-0.25, -0.2) is 0 Å². The van der Waals surface area contributed by atoms with Crippen molar-refractivity contribution in [2.24, 2.45) is 0 Å². The van der Waals surface area contributed by atoms with Crippen LogP contribution >= 0.6 is 0 Å². The number of para-hydroxylation sites is 2. The third-order valence-electron chi connectivity index (χ3n) is 6.05. The number of anilines is 2. The van der Waals surface area contributed by atoms with E-state index in [0.717, 1.165) is 45.3 Å². The largest absolute Gasteiger partial charge is 0.511 e. The molecule has 1 saturated heterocycles. The van der Waals surface area contributed by atoms with Crippen molar-refractivity contribution in [3.8, 4) is 0 Å². The minimum Gasteiger partial charge on any atom is -0.511 e. The highest BCUT2D eigenvalue weighted by Gasteiger charge is 2.25. The number of hydrogen-bond donors (Lipinski definition) is 1. The molecule has 2 aromatic carbocycles. The second kappa shape index (κ2) is 8.18. The first-order valence-electron chi connectivity index (χ1n) is 10.3. The van der Waals surface area contributed by atoms with Gasteiger partial charge in [-0.1, -0.05) is 49.4 Å². The summed E-state index contributed by atoms with van der Waals surface area (Å²) < 4.78 is 0. The van der Waals surface area contributed by atoms with Crippen molar-refractivity contribution in [3.05, 3.63) is 72.0 Å². The zero-order valence-electron chi connectivity index (χ0n) is 16.1. The fraction of sp³-hybridized carbons (Fsp3) is 0.417. The van der Waals surface area contributed by atoms with E-state index in [4.69, 9.17) is 0 Å². The third kappa shape index (κ3) is 3.89. The molecule has 142 valence electrons. The van der Waals surface area contributed by atoms with Gasteiger partial charge in [-0.15, -0.1) is 0 Å². The van der Waals surface area contributed by atoms with E-state index in [9.17, 15) is 5.11 Å². The van der Waals surface area contributed by atoms with Gasteiger partial charge in [-0.05, 0) is 61.9 Å². The Morgan fingerprint density at radius 2 is 1.56 bits per heavy atom. The van der Waals surface area contributed by atoms with Gasteiger partial charge in [-0.3, -0.25) is 4.90 Å². The van der Waals surface area contributed by atoms with Gasteiger partial charge in [0, 0.05) is 24.5 Å². The molecular formula is C24H30N2O. The normalized spacial score (nSPS) is 19.9. The first-order valence-corrected chi connectivity index (χ1v) is 10.3. The Labute approximate surface area is 162 Å². The van der Waals surface area contributed by atoms with Crippen LogP contribution in [-0.2, 0) is 12.8 Å². The summed E-state index contributed by atoms with van der Waals surface area (Å²) in [6, 6.07) is 17.8. The molecule has 0 spiro atoms. The van der Waals surface area contributed by atoms with Gasteiger partial charge in [0.2, 0.25) is 0 Å². The molecule has 0 aliphatic carbocycles. The van der Waals surface area contributed by atoms with Gasteiger partial charge in [-0.2, -0.15) is 0 Å². The van der Waals surface area contributed by atoms with E-state index < -0.39 is 0 Å². The number of aliphatic hydroxyl groups excluding tert-OH is 1. The molecule has 2 aliphatic heterocycles. The SMILES string of the molecule is C=C(O)C1CCCCN1CCCN1c2ccccc2CCc2ccccc21. The van der Waals surface area contributed by atoms with Crippen LogP contribution < -0.4 is 4.90 Å². The predicted molar refractivity (Wildman–Crippen MR) is 113 cm³/mol. The second-order valence-corrected chi connectivity index (χ2v) is 7.80. The number of aryl methyl sites for hydroxylation is 2. The number of benzene rings is 2. The van der Waals surface area contributed by atoms with Crippen LogP contribution in [0.3, 0.4) is 0 Å². The van der Waals surface area contributed by atoms with Crippen molar-refractivity contribution in [1.82, 2.24) is 4.90 Å². The lowest BCUT2D eigenvalue weighted by molar-refractivity contribution is 0.134. The maximum absolute atomic E-state index is 9.95. The van der Waals surface area contributed by atoms with Gasteiger partial charge < -0.3 is 10.0 Å². The molecule has 1 fully saturated rings. The van der Waals surface area contributed by atoms with Gasteiger partial charge >= 0.3 is 0 Å². The summed E-state index contributed by atoms with van der Waals surface area (Å²) >= 11 is 0. The Balaban J connectivity index is 1.52. The summed E-state index contributed by atoms with van der Waals surface area (Å²) in [5.41, 5.74) is 5.58. The number of hydrogen-bond acceptors (Lipinski definition) is 3. The minimum absolute atomic E-state index is 0.141. The van der Waals surface area contributed by atoms with Crippen LogP contribution in [0.25, 0.3) is 0 Å². The molecule has 0 bridgehead atoms. The molecular weight excluding hydrogens is 332 g/mol. The van der Waals surface area contributed by atoms with Crippen molar-refractivity contribution >= 4 is 11.4 Å². The van der Waals surface area contributed by atoms with Crippen LogP contribution in [0.5, 0.6) is 0 Å². The summed E-state index contributed by atoms with van der Waals surface area (Å²) in [6.45, 7) is 6.87. The molecule has 0 saturated carbocycles. The van der Waals surface area contributed by atoms with E-state index in [1.165, 1.54) is 35.3 Å². The molecule has 2 heterocycles. The van der Waals surface area contributed by atoms with Crippen LogP contribution in [0.2, 0.25) is 0 Å². The van der Waals surface area contributed by atoms with Gasteiger partial charge in [0.25, 0.3) is 0 Å². The molecule has 3 nitrogen and oxygen atoms in total. The molecule has 1 atom stereocenters. The Morgan fingerprint density at radius 1 is 0.926 bits per heavy atom. The molecule has 1 N–H and O–H groups in total. The average molecular weight is 363 g/mol. The Bertz CT molecular complexity index is 753. The Hall–Kier alpha value is -2.26. The van der Waals surface area contributed by atoms with E-state index in [2.05, 4.69) is 64.9 Å². The molecule has 4 rings (SSSR count). The van der Waals surface area contributed by atoms with Crippen molar-refractivity contribution in [2.45, 2.75) is 44.6 Å². The lowest BCUT2D eigenvalue weighted by Crippen LogP contribution is -2.41. The van der Waals surface area contributed by atoms with Gasteiger partial charge in [0.15, 0.2) is 0 Å². The van der Waals surface area contributed by atoms with Crippen molar-refractivity contribution in [2.75, 3.05) is 24.5 Å². The highest BCUT2D eigenvalue weighted by atomic mass is 16.3. The highest BCUT2D eigenvalue weighted by molar-refractivity contribution is 5.71. The zero-order valence-corrected chi connectivity index (χ0v) is 16.1. The topological polar surface area (TPSA) is 26.7 Å². The summed E-state index contributed by atoms with van der Waals surface area (Å²) in [5, 5.41) is 9.95. The van der Waals surface area contributed by atoms with Crippen LogP contribution in [0.1, 0.15) is 36.8 Å². The number of piperidine rings is 1. The lowest BCUT2D eigenvalue weighted by Gasteiger charge is -2.35. The standard InChI is InChI=1S/C24H30N2O/c1-19(27)22-11-6-7-16-25(22)17-8-18-26-23-12-4-2-9-20(23)14-15-21-10-3-5-13-24(21)26/h2-5,9-10,12-13,22,27H,1,6-8,11,14-18H2.